The van der Waals surface area contributed by atoms with E-state index in [9.17, 15) is 14.7 Å². The first-order valence-electron chi connectivity index (χ1n) is 16.4. The van der Waals surface area contributed by atoms with Crippen molar-refractivity contribution in [3.05, 3.63) is 107 Å². The van der Waals surface area contributed by atoms with Crippen LogP contribution in [0.25, 0.3) is 0 Å². The number of rotatable bonds is 10. The molecular weight excluding hydrogens is 619 g/mol. The Kier molecular flexibility index (Phi) is 11.9. The summed E-state index contributed by atoms with van der Waals surface area (Å²) in [6.07, 6.45) is 3.73. The molecule has 0 saturated carbocycles. The van der Waals surface area contributed by atoms with E-state index in [0.717, 1.165) is 18.4 Å². The molecule has 0 bridgehead atoms. The first-order valence-corrected chi connectivity index (χ1v) is 16.8. The van der Waals surface area contributed by atoms with E-state index in [1.807, 2.05) is 43.3 Å². The third-order valence-corrected chi connectivity index (χ3v) is 10.9. The van der Waals surface area contributed by atoms with E-state index < -0.39 is 5.60 Å². The van der Waals surface area contributed by atoms with Crippen LogP contribution >= 0.6 is 24.0 Å². The number of nitrogens with two attached hydrogens (primary N) is 1. The van der Waals surface area contributed by atoms with Gasteiger partial charge in [0.25, 0.3) is 0 Å². The molecule has 2 aliphatic rings. The van der Waals surface area contributed by atoms with Crippen molar-refractivity contribution in [2.75, 3.05) is 32.7 Å². The smallest absolute Gasteiger partial charge is 0.385 e. The summed E-state index contributed by atoms with van der Waals surface area (Å²) in [5, 5.41) is 15.5. The number of benzene rings is 3. The lowest BCUT2D eigenvalue weighted by Gasteiger charge is -2.52. The fraction of sp³-hybridized carbons (Fsp3) is 0.459. The monoisotopic (exact) mass is 667 g/mol. The van der Waals surface area contributed by atoms with Gasteiger partial charge in [-0.05, 0) is 55.0 Å². The number of halogens is 2. The Bertz CT molecular complexity index is 1380. The molecule has 2 fully saturated rings. The zero-order valence-corrected chi connectivity index (χ0v) is 28.6. The summed E-state index contributed by atoms with van der Waals surface area (Å²) in [6, 6.07) is 28.7. The van der Waals surface area contributed by atoms with E-state index in [0.29, 0.717) is 63.4 Å². The number of carbonyl (C=O) groups is 2. The first-order chi connectivity index (χ1) is 21.6. The topological polar surface area (TPSA) is 95.7 Å². The molecule has 3 aromatic carbocycles. The highest BCUT2D eigenvalue weighted by Crippen LogP contribution is 2.42. The molecule has 248 valence electrons. The van der Waals surface area contributed by atoms with Gasteiger partial charge in [0.1, 0.15) is 0 Å². The zero-order chi connectivity index (χ0) is 32.1. The van der Waals surface area contributed by atoms with Crippen LogP contribution in [0.5, 0.6) is 0 Å². The van der Waals surface area contributed by atoms with Gasteiger partial charge < -0.3 is 16.2 Å². The minimum Gasteiger partial charge on any atom is -0.385 e. The van der Waals surface area contributed by atoms with Crippen LogP contribution in [0.3, 0.4) is 0 Å². The summed E-state index contributed by atoms with van der Waals surface area (Å²) in [7, 11) is 0. The van der Waals surface area contributed by atoms with E-state index in [1.165, 1.54) is 11.1 Å². The largest absolute Gasteiger partial charge is 0.417 e. The highest BCUT2D eigenvalue weighted by molar-refractivity contribution is 6.30. The number of primary amides is 1. The van der Waals surface area contributed by atoms with Gasteiger partial charge in [0.15, 0.2) is 6.17 Å². The number of nitrogens with zero attached hydrogens (tertiary/aromatic N) is 2. The van der Waals surface area contributed by atoms with Crippen LogP contribution in [0.15, 0.2) is 84.9 Å². The highest BCUT2D eigenvalue weighted by atomic mass is 35.5. The molecule has 0 radical (unpaired) electrons. The number of urea groups is 1. The van der Waals surface area contributed by atoms with Crippen molar-refractivity contribution in [1.82, 2.24) is 10.2 Å². The van der Waals surface area contributed by atoms with Crippen LogP contribution in [-0.2, 0) is 15.8 Å². The van der Waals surface area contributed by atoms with E-state index in [2.05, 4.69) is 65.7 Å². The van der Waals surface area contributed by atoms with Gasteiger partial charge in [0.05, 0.1) is 18.7 Å². The summed E-state index contributed by atoms with van der Waals surface area (Å²) < 4.78 is 0.247. The lowest BCUT2D eigenvalue weighted by atomic mass is 9.72. The second-order valence-electron chi connectivity index (χ2n) is 13.2. The maximum atomic E-state index is 14.2. The van der Waals surface area contributed by atoms with Gasteiger partial charge in [-0.3, -0.25) is 9.69 Å². The molecule has 3 aromatic rings. The number of carbonyl (C=O) groups excluding carboxylic acids is 2. The number of likely N-dealkylation sites (tertiary alicyclic amines) is 2. The number of hydrogen-bond acceptors (Lipinski definition) is 4. The average molecular weight is 669 g/mol. The molecule has 0 aliphatic carbocycles. The van der Waals surface area contributed by atoms with Crippen molar-refractivity contribution in [2.24, 2.45) is 11.7 Å². The molecule has 5 rings (SSSR count). The van der Waals surface area contributed by atoms with Crippen molar-refractivity contribution in [2.45, 2.75) is 69.6 Å². The van der Waals surface area contributed by atoms with Crippen LogP contribution in [0, 0.1) is 5.92 Å². The molecule has 1 unspecified atom stereocenters. The minimum absolute atomic E-state index is 0. The molecule has 3 amide bonds. The molecule has 46 heavy (non-hydrogen) atoms. The summed E-state index contributed by atoms with van der Waals surface area (Å²) in [6.45, 7) is 7.19. The minimum atomic E-state index is -0.955. The summed E-state index contributed by atoms with van der Waals surface area (Å²) in [4.78, 5) is 28.8. The Morgan fingerprint density at radius 3 is 1.98 bits per heavy atom. The van der Waals surface area contributed by atoms with Crippen molar-refractivity contribution in [3.63, 3.8) is 0 Å². The summed E-state index contributed by atoms with van der Waals surface area (Å²) in [5.41, 5.74) is 7.87. The number of piperidine rings is 2. The van der Waals surface area contributed by atoms with E-state index in [-0.39, 0.29) is 46.3 Å². The maximum Gasteiger partial charge on any atom is 0.417 e. The molecule has 2 heterocycles. The van der Waals surface area contributed by atoms with Crippen molar-refractivity contribution >= 4 is 35.9 Å². The van der Waals surface area contributed by atoms with Crippen LogP contribution in [0.1, 0.15) is 69.1 Å². The molecule has 0 spiro atoms. The second kappa shape index (κ2) is 15.3. The van der Waals surface area contributed by atoms with Crippen molar-refractivity contribution < 1.29 is 19.2 Å². The fourth-order valence-electron chi connectivity index (χ4n) is 7.73. The lowest BCUT2D eigenvalue weighted by Crippen LogP contribution is -2.71. The Hall–Kier alpha value is -2.94. The van der Waals surface area contributed by atoms with Gasteiger partial charge >= 0.3 is 6.03 Å². The normalized spacial score (nSPS) is 22.3. The summed E-state index contributed by atoms with van der Waals surface area (Å²) in [5.74, 6) is -0.506. The molecule has 4 N–H and O–H groups in total. The van der Waals surface area contributed by atoms with Gasteiger partial charge in [-0.15, -0.1) is 12.4 Å². The highest BCUT2D eigenvalue weighted by Gasteiger charge is 2.52. The Balaban J connectivity index is 0.00000480. The first kappa shape index (κ1) is 35.9. The van der Waals surface area contributed by atoms with E-state index in [4.69, 9.17) is 17.3 Å². The van der Waals surface area contributed by atoms with Crippen molar-refractivity contribution in [3.8, 4) is 0 Å². The Labute approximate surface area is 285 Å². The number of hydrogen-bond donors (Lipinski definition) is 3. The molecule has 1 atom stereocenters. The molecule has 2 aliphatic heterocycles. The average Bonchev–Trinajstić information content (AvgIpc) is 3.07. The molecule has 0 aromatic heterocycles. The number of nitrogens with one attached hydrogen (secondary N) is 1. The van der Waals surface area contributed by atoms with Crippen LogP contribution < -0.4 is 11.1 Å². The van der Waals surface area contributed by atoms with E-state index >= 15 is 0 Å². The third-order valence-electron chi connectivity index (χ3n) is 10.6. The van der Waals surface area contributed by atoms with Gasteiger partial charge in [-0.1, -0.05) is 91.3 Å². The number of quaternary nitrogens is 1. The SMILES string of the molecule is CCNC(=O)[N+]1(C(CCC(C)(c2ccccc2)c2ccccc2)N2CCC(O)(c3ccc(Cl)cc3)CC2)CCC(C(N)=O)CC1.Cl. The Morgan fingerprint density at radius 1 is 0.978 bits per heavy atom. The Morgan fingerprint density at radius 2 is 1.50 bits per heavy atom. The van der Waals surface area contributed by atoms with Gasteiger partial charge in [0, 0.05) is 55.3 Å². The van der Waals surface area contributed by atoms with Crippen LogP contribution in [-0.4, -0.2) is 65.3 Å². The molecular formula is C37H49Cl2N4O3+. The number of aliphatic hydroxyl groups is 1. The predicted octanol–water partition coefficient (Wildman–Crippen LogP) is 6.60. The van der Waals surface area contributed by atoms with Gasteiger partial charge in [-0.25, -0.2) is 9.28 Å². The molecule has 9 heteroatoms. The quantitative estimate of drug-likeness (QED) is 0.212. The fourth-order valence-corrected chi connectivity index (χ4v) is 7.85. The van der Waals surface area contributed by atoms with Gasteiger partial charge in [0.2, 0.25) is 5.91 Å². The lowest BCUT2D eigenvalue weighted by molar-refractivity contribution is -0.895. The third kappa shape index (κ3) is 7.45. The zero-order valence-electron chi connectivity index (χ0n) is 27.0. The molecule has 7 nitrogen and oxygen atoms in total. The van der Waals surface area contributed by atoms with Crippen molar-refractivity contribution in [1.29, 1.82) is 0 Å². The van der Waals surface area contributed by atoms with Crippen LogP contribution in [0.4, 0.5) is 4.79 Å². The predicted molar refractivity (Wildman–Crippen MR) is 187 cm³/mol. The number of amides is 3. The standard InChI is InChI=1S/C37H47ClN4O3.ClH/c1-3-40-35(44)42(26-19-28(20-27-42)34(39)43)33(41-24-22-37(45,23-25-41)31-14-16-32(38)17-15-31)18-21-36(2,29-10-6-4-7-11-29)30-12-8-5-9-13-30;/h4-17,28,33,45H,3,18-27H2,1-2H3,(H2-,39,40,43,44);1H/p+1. The molecule has 2 saturated heterocycles. The second-order valence-corrected chi connectivity index (χ2v) is 13.6. The summed E-state index contributed by atoms with van der Waals surface area (Å²) >= 11 is 6.15. The van der Waals surface area contributed by atoms with Crippen LogP contribution in [0.2, 0.25) is 5.02 Å². The van der Waals surface area contributed by atoms with E-state index in [1.54, 1.807) is 0 Å². The maximum absolute atomic E-state index is 14.2. The van der Waals surface area contributed by atoms with Gasteiger partial charge in [-0.2, -0.15) is 0 Å².